The molecule has 1 N–H and O–H groups in total. The van der Waals surface area contributed by atoms with E-state index in [9.17, 15) is 19.5 Å². The van der Waals surface area contributed by atoms with Crippen LogP contribution in [0.2, 0.25) is 0 Å². The number of aldehydes is 1. The fourth-order valence-corrected chi connectivity index (χ4v) is 5.37. The van der Waals surface area contributed by atoms with Gasteiger partial charge >= 0.3 is 0 Å². The van der Waals surface area contributed by atoms with E-state index in [-0.39, 0.29) is 35.1 Å². The van der Waals surface area contributed by atoms with Gasteiger partial charge in [-0.1, -0.05) is 13.0 Å². The first-order chi connectivity index (χ1) is 11.0. The van der Waals surface area contributed by atoms with E-state index in [1.165, 1.54) is 0 Å². The number of hydrogen-bond donors (Lipinski definition) is 1. The average molecular weight is 312 g/mol. The Morgan fingerprint density at radius 3 is 2.83 bits per heavy atom. The maximum Gasteiger partial charge on any atom is 0.163 e. The Morgan fingerprint density at radius 2 is 2.09 bits per heavy atom. The van der Waals surface area contributed by atoms with Crippen LogP contribution in [0.15, 0.2) is 18.2 Å². The van der Waals surface area contributed by atoms with Gasteiger partial charge in [-0.2, -0.15) is 0 Å². The van der Waals surface area contributed by atoms with Crippen molar-refractivity contribution in [2.75, 3.05) is 0 Å². The second kappa shape index (κ2) is 4.76. The van der Waals surface area contributed by atoms with Crippen LogP contribution in [-0.2, 0) is 9.59 Å². The van der Waals surface area contributed by atoms with Crippen molar-refractivity contribution < 1.29 is 19.5 Å². The van der Waals surface area contributed by atoms with Crippen LogP contribution in [0.5, 0.6) is 5.75 Å². The van der Waals surface area contributed by atoms with Gasteiger partial charge in [0.15, 0.2) is 5.78 Å². The molecular weight excluding hydrogens is 292 g/mol. The topological polar surface area (TPSA) is 71.4 Å². The predicted molar refractivity (Wildman–Crippen MR) is 83.3 cm³/mol. The molecule has 4 heteroatoms. The number of Topliss-reactive ketones (excluding diaryl/α,β-unsaturated/α-hetero) is 2. The molecule has 2 fully saturated rings. The van der Waals surface area contributed by atoms with Crippen molar-refractivity contribution in [3.63, 3.8) is 0 Å². The monoisotopic (exact) mass is 312 g/mol. The van der Waals surface area contributed by atoms with Crippen LogP contribution in [0, 0.1) is 23.2 Å². The van der Waals surface area contributed by atoms with Gasteiger partial charge < -0.3 is 9.90 Å². The third-order valence-corrected chi connectivity index (χ3v) is 6.56. The Bertz CT molecular complexity index is 722. The van der Waals surface area contributed by atoms with Crippen molar-refractivity contribution >= 4 is 17.9 Å². The zero-order chi connectivity index (χ0) is 16.4. The number of rotatable bonds is 1. The van der Waals surface area contributed by atoms with Gasteiger partial charge in [0.2, 0.25) is 0 Å². The van der Waals surface area contributed by atoms with E-state index >= 15 is 0 Å². The van der Waals surface area contributed by atoms with Gasteiger partial charge in [-0.15, -0.1) is 0 Å². The Labute approximate surface area is 134 Å². The summed E-state index contributed by atoms with van der Waals surface area (Å²) in [6.07, 6.45) is 3.43. The summed E-state index contributed by atoms with van der Waals surface area (Å²) < 4.78 is 0. The second-order valence-electron chi connectivity index (χ2n) is 7.57. The van der Waals surface area contributed by atoms with Crippen LogP contribution in [-0.4, -0.2) is 23.0 Å². The van der Waals surface area contributed by atoms with Gasteiger partial charge in [0, 0.05) is 17.4 Å². The molecule has 1 aromatic carbocycles. The molecule has 4 rings (SSSR count). The Hall–Kier alpha value is -1.97. The summed E-state index contributed by atoms with van der Waals surface area (Å²) in [5.74, 6) is 0.221. The van der Waals surface area contributed by atoms with Crippen LogP contribution >= 0.6 is 0 Å². The number of benzene rings is 1. The van der Waals surface area contributed by atoms with Gasteiger partial charge in [-0.3, -0.25) is 9.59 Å². The number of fused-ring (bicyclic) bond motifs is 5. The zero-order valence-electron chi connectivity index (χ0n) is 13.1. The van der Waals surface area contributed by atoms with E-state index in [2.05, 4.69) is 0 Å². The van der Waals surface area contributed by atoms with Gasteiger partial charge in [-0.25, -0.2) is 0 Å². The lowest BCUT2D eigenvalue weighted by atomic mass is 9.55. The van der Waals surface area contributed by atoms with Crippen molar-refractivity contribution in [3.8, 4) is 5.75 Å². The lowest BCUT2D eigenvalue weighted by Crippen LogP contribution is -2.43. The maximum absolute atomic E-state index is 12.6. The van der Waals surface area contributed by atoms with Crippen LogP contribution < -0.4 is 0 Å². The van der Waals surface area contributed by atoms with E-state index in [0.29, 0.717) is 18.4 Å². The average Bonchev–Trinajstić information content (AvgIpc) is 2.80. The van der Waals surface area contributed by atoms with Crippen LogP contribution in [0.4, 0.5) is 0 Å². The van der Waals surface area contributed by atoms with Gasteiger partial charge in [0.1, 0.15) is 17.8 Å². The largest absolute Gasteiger partial charge is 0.508 e. The van der Waals surface area contributed by atoms with Crippen LogP contribution in [0.3, 0.4) is 0 Å². The number of phenolic OH excluding ortho intramolecular Hbond substituents is 1. The zero-order valence-corrected chi connectivity index (χ0v) is 13.1. The van der Waals surface area contributed by atoms with Gasteiger partial charge in [0.25, 0.3) is 0 Å². The summed E-state index contributed by atoms with van der Waals surface area (Å²) in [5, 5.41) is 9.66. The summed E-state index contributed by atoms with van der Waals surface area (Å²) in [4.78, 5) is 36.4. The van der Waals surface area contributed by atoms with E-state index < -0.39 is 11.3 Å². The summed E-state index contributed by atoms with van der Waals surface area (Å²) in [7, 11) is 0. The van der Waals surface area contributed by atoms with Crippen molar-refractivity contribution in [3.05, 3.63) is 29.3 Å². The number of hydrogen-bond acceptors (Lipinski definition) is 4. The highest BCUT2D eigenvalue weighted by molar-refractivity contribution is 6.01. The molecule has 0 aromatic heterocycles. The summed E-state index contributed by atoms with van der Waals surface area (Å²) in [6, 6.07) is 5.06. The Balaban J connectivity index is 1.77. The van der Waals surface area contributed by atoms with E-state index in [1.54, 1.807) is 12.1 Å². The second-order valence-corrected chi connectivity index (χ2v) is 7.57. The number of phenols is 1. The standard InChI is InChI=1S/C19H20O4/c1-19-5-4-13-12-3-2-11(21)7-15(12)17(22)8-14(13)16(19)6-10(9-20)18(19)23/h2-3,7,9-10,13-14,16,21H,4-6,8H2,1H3/t10?,13?,14?,16?,19-/m0/s1. The molecule has 0 radical (unpaired) electrons. The minimum absolute atomic E-state index is 0.0448. The van der Waals surface area contributed by atoms with Gasteiger partial charge in [-0.05, 0) is 54.7 Å². The fraction of sp³-hybridized carbons (Fsp3) is 0.526. The van der Waals surface area contributed by atoms with Crippen molar-refractivity contribution in [2.45, 2.75) is 38.5 Å². The molecule has 1 aromatic rings. The molecule has 2 saturated carbocycles. The molecule has 5 atom stereocenters. The molecule has 120 valence electrons. The molecule has 0 bridgehead atoms. The normalized spacial score (nSPS) is 38.7. The summed E-state index contributed by atoms with van der Waals surface area (Å²) >= 11 is 0. The highest BCUT2D eigenvalue weighted by Crippen LogP contribution is 2.60. The number of aromatic hydroxyl groups is 1. The quantitative estimate of drug-likeness (QED) is 0.639. The van der Waals surface area contributed by atoms with Crippen LogP contribution in [0.1, 0.15) is 54.4 Å². The minimum atomic E-state index is -0.500. The molecule has 3 aliphatic carbocycles. The van der Waals surface area contributed by atoms with Crippen molar-refractivity contribution in [2.24, 2.45) is 23.2 Å². The van der Waals surface area contributed by atoms with E-state index in [4.69, 9.17) is 0 Å². The predicted octanol–water partition coefficient (Wildman–Crippen LogP) is 2.88. The molecule has 0 aliphatic heterocycles. The lowest BCUT2D eigenvalue weighted by Gasteiger charge is -2.47. The third-order valence-electron chi connectivity index (χ3n) is 6.56. The molecule has 4 unspecified atom stereocenters. The lowest BCUT2D eigenvalue weighted by molar-refractivity contribution is -0.133. The number of carbonyl (C=O) groups excluding carboxylic acids is 3. The first kappa shape index (κ1) is 14.6. The van der Waals surface area contributed by atoms with E-state index in [0.717, 1.165) is 24.7 Å². The van der Waals surface area contributed by atoms with E-state index in [1.807, 2.05) is 13.0 Å². The molecule has 3 aliphatic rings. The summed E-state index contributed by atoms with van der Waals surface area (Å²) in [6.45, 7) is 1.98. The number of carbonyl (C=O) groups is 3. The minimum Gasteiger partial charge on any atom is -0.508 e. The molecule has 4 nitrogen and oxygen atoms in total. The third kappa shape index (κ3) is 1.87. The first-order valence-corrected chi connectivity index (χ1v) is 8.31. The smallest absolute Gasteiger partial charge is 0.163 e. The SMILES string of the molecule is C[C@]12CCC3c4ccc(O)cc4C(=O)CC3C1CC(C=O)C2=O. The molecule has 0 saturated heterocycles. The fourth-order valence-electron chi connectivity index (χ4n) is 5.37. The maximum atomic E-state index is 12.6. The van der Waals surface area contributed by atoms with Gasteiger partial charge in [0.05, 0.1) is 5.92 Å². The molecular formula is C19H20O4. The van der Waals surface area contributed by atoms with Crippen LogP contribution in [0.25, 0.3) is 0 Å². The van der Waals surface area contributed by atoms with Crippen molar-refractivity contribution in [1.29, 1.82) is 0 Å². The summed E-state index contributed by atoms with van der Waals surface area (Å²) in [5.41, 5.74) is 1.18. The first-order valence-electron chi connectivity index (χ1n) is 8.31. The Morgan fingerprint density at radius 1 is 1.30 bits per heavy atom. The highest BCUT2D eigenvalue weighted by Gasteiger charge is 2.58. The Kier molecular flexibility index (Phi) is 3.03. The number of ketones is 2. The molecule has 0 spiro atoms. The van der Waals surface area contributed by atoms with Crippen molar-refractivity contribution in [1.82, 2.24) is 0 Å². The molecule has 0 heterocycles. The molecule has 0 amide bonds. The molecule has 23 heavy (non-hydrogen) atoms. The highest BCUT2D eigenvalue weighted by atomic mass is 16.3.